The maximum Gasteiger partial charge on any atom is 0.237 e. The molecule has 3 aromatic carbocycles. The summed E-state index contributed by atoms with van der Waals surface area (Å²) in [5, 5.41) is 4.03. The number of carbonyl (C=O) groups is 1. The number of halogens is 1. The molecule has 1 atom stereocenters. The highest BCUT2D eigenvalue weighted by Gasteiger charge is 2.22. The van der Waals surface area contributed by atoms with Gasteiger partial charge in [-0.05, 0) is 31.0 Å². The van der Waals surface area contributed by atoms with Crippen molar-refractivity contribution in [3.63, 3.8) is 0 Å². The Balaban J connectivity index is 1.60. The Kier molecular flexibility index (Phi) is 6.98. The zero-order chi connectivity index (χ0) is 22.5. The number of amides is 1. The van der Waals surface area contributed by atoms with Crippen LogP contribution in [0.4, 0.5) is 5.69 Å². The van der Waals surface area contributed by atoms with Crippen molar-refractivity contribution in [2.24, 2.45) is 0 Å². The van der Waals surface area contributed by atoms with Gasteiger partial charge in [-0.2, -0.15) is 0 Å². The topological polar surface area (TPSA) is 57.8 Å². The summed E-state index contributed by atoms with van der Waals surface area (Å²) < 4.78 is 0. The summed E-state index contributed by atoms with van der Waals surface area (Å²) in [6, 6.07) is 25.7. The lowest BCUT2D eigenvalue weighted by Gasteiger charge is -2.14. The van der Waals surface area contributed by atoms with Gasteiger partial charge in [0.25, 0.3) is 0 Å². The molecule has 4 nitrogen and oxygen atoms in total. The molecule has 0 fully saturated rings. The summed E-state index contributed by atoms with van der Waals surface area (Å²) in [5.74, 6) is -0.0728. The number of thioether (sulfide) groups is 1. The van der Waals surface area contributed by atoms with Crippen LogP contribution in [0.15, 0.2) is 84.0 Å². The van der Waals surface area contributed by atoms with E-state index < -0.39 is 0 Å². The van der Waals surface area contributed by atoms with Crippen molar-refractivity contribution in [1.29, 1.82) is 0 Å². The van der Waals surface area contributed by atoms with E-state index in [9.17, 15) is 4.79 Å². The van der Waals surface area contributed by atoms with Crippen LogP contribution in [0.5, 0.6) is 0 Å². The summed E-state index contributed by atoms with van der Waals surface area (Å²) in [6.07, 6.45) is 0.665. The van der Waals surface area contributed by atoms with Gasteiger partial charge in [0.05, 0.1) is 16.6 Å². The van der Waals surface area contributed by atoms with E-state index in [0.29, 0.717) is 22.3 Å². The second kappa shape index (κ2) is 10.1. The highest BCUT2D eigenvalue weighted by Crippen LogP contribution is 2.34. The van der Waals surface area contributed by atoms with Gasteiger partial charge in [0.1, 0.15) is 0 Å². The molecule has 162 valence electrons. The number of nitrogens with zero attached hydrogens (tertiary/aromatic N) is 1. The first-order chi connectivity index (χ1) is 15.5. The molecule has 0 saturated heterocycles. The first-order valence-electron chi connectivity index (χ1n) is 10.5. The SMILES string of the molecule is CCC(Sc1nc(-c2ccccc2)c(-c2ccccc2)[nH]1)C(=O)Nc1ccc(C)c(Cl)c1. The molecule has 0 aliphatic heterocycles. The van der Waals surface area contributed by atoms with E-state index in [0.717, 1.165) is 28.1 Å². The molecule has 0 aliphatic carbocycles. The van der Waals surface area contributed by atoms with Crippen LogP contribution in [-0.2, 0) is 4.79 Å². The number of imidazole rings is 1. The second-order valence-electron chi connectivity index (χ2n) is 7.47. The largest absolute Gasteiger partial charge is 0.332 e. The fraction of sp³-hybridized carbons (Fsp3) is 0.154. The second-order valence-corrected chi connectivity index (χ2v) is 9.06. The van der Waals surface area contributed by atoms with Crippen LogP contribution in [-0.4, -0.2) is 21.1 Å². The van der Waals surface area contributed by atoms with Crippen molar-refractivity contribution < 1.29 is 4.79 Å². The van der Waals surface area contributed by atoms with Gasteiger partial charge in [-0.3, -0.25) is 4.79 Å². The van der Waals surface area contributed by atoms with Crippen LogP contribution in [0.25, 0.3) is 22.5 Å². The first kappa shape index (κ1) is 22.2. The van der Waals surface area contributed by atoms with E-state index in [-0.39, 0.29) is 11.2 Å². The van der Waals surface area contributed by atoms with Crippen molar-refractivity contribution in [2.75, 3.05) is 5.32 Å². The maximum absolute atomic E-state index is 13.0. The molecule has 0 bridgehead atoms. The molecule has 1 unspecified atom stereocenters. The van der Waals surface area contributed by atoms with Gasteiger partial charge < -0.3 is 10.3 Å². The molecule has 0 aliphatic rings. The molecule has 1 amide bonds. The summed E-state index contributed by atoms with van der Waals surface area (Å²) >= 11 is 7.64. The quantitative estimate of drug-likeness (QED) is 0.286. The average Bonchev–Trinajstić information content (AvgIpc) is 3.25. The average molecular weight is 462 g/mol. The Morgan fingerprint density at radius 1 is 1.03 bits per heavy atom. The Hall–Kier alpha value is -3.02. The van der Waals surface area contributed by atoms with Crippen LogP contribution in [0.2, 0.25) is 5.02 Å². The van der Waals surface area contributed by atoms with Gasteiger partial charge >= 0.3 is 0 Å². The van der Waals surface area contributed by atoms with Crippen molar-refractivity contribution in [3.8, 4) is 22.5 Å². The molecule has 4 rings (SSSR count). The standard InChI is InChI=1S/C26H24ClN3OS/c1-3-22(25(31)28-20-15-14-17(2)21(27)16-20)32-26-29-23(18-10-6-4-7-11-18)24(30-26)19-12-8-5-9-13-19/h4-16,22H,3H2,1-2H3,(H,28,31)(H,29,30). The first-order valence-corrected chi connectivity index (χ1v) is 11.8. The fourth-order valence-electron chi connectivity index (χ4n) is 3.38. The summed E-state index contributed by atoms with van der Waals surface area (Å²) in [5.41, 5.74) is 5.57. The zero-order valence-corrected chi connectivity index (χ0v) is 19.5. The van der Waals surface area contributed by atoms with Crippen LogP contribution in [0, 0.1) is 6.92 Å². The predicted molar refractivity (Wildman–Crippen MR) is 134 cm³/mol. The van der Waals surface area contributed by atoms with Gasteiger partial charge in [-0.15, -0.1) is 0 Å². The molecule has 0 saturated carbocycles. The smallest absolute Gasteiger partial charge is 0.237 e. The molecular weight excluding hydrogens is 438 g/mol. The highest BCUT2D eigenvalue weighted by molar-refractivity contribution is 8.00. The lowest BCUT2D eigenvalue weighted by molar-refractivity contribution is -0.115. The van der Waals surface area contributed by atoms with E-state index >= 15 is 0 Å². The van der Waals surface area contributed by atoms with E-state index in [1.165, 1.54) is 11.8 Å². The van der Waals surface area contributed by atoms with Gasteiger partial charge in [0, 0.05) is 21.8 Å². The van der Waals surface area contributed by atoms with E-state index in [2.05, 4.69) is 22.4 Å². The van der Waals surface area contributed by atoms with Gasteiger partial charge in [0.2, 0.25) is 5.91 Å². The Morgan fingerprint density at radius 3 is 2.31 bits per heavy atom. The number of nitrogens with one attached hydrogen (secondary N) is 2. The third kappa shape index (κ3) is 5.06. The van der Waals surface area contributed by atoms with E-state index in [4.69, 9.17) is 16.6 Å². The molecule has 1 aromatic heterocycles. The van der Waals surface area contributed by atoms with Crippen molar-refractivity contribution >= 4 is 35.0 Å². The number of aromatic amines is 1. The minimum Gasteiger partial charge on any atom is -0.332 e. The Labute approximate surface area is 197 Å². The number of benzene rings is 3. The zero-order valence-electron chi connectivity index (χ0n) is 17.9. The lowest BCUT2D eigenvalue weighted by Crippen LogP contribution is -2.24. The Bertz CT molecular complexity index is 1150. The maximum atomic E-state index is 13.0. The number of aromatic nitrogens is 2. The lowest BCUT2D eigenvalue weighted by atomic mass is 10.1. The van der Waals surface area contributed by atoms with Gasteiger partial charge in [0.15, 0.2) is 5.16 Å². The molecule has 0 radical (unpaired) electrons. The number of hydrogen-bond donors (Lipinski definition) is 2. The van der Waals surface area contributed by atoms with Gasteiger partial charge in [-0.1, -0.05) is 97.0 Å². The van der Waals surface area contributed by atoms with Crippen molar-refractivity contribution in [3.05, 3.63) is 89.4 Å². The number of carbonyl (C=O) groups excluding carboxylic acids is 1. The summed E-state index contributed by atoms with van der Waals surface area (Å²) in [4.78, 5) is 21.3. The number of hydrogen-bond acceptors (Lipinski definition) is 3. The van der Waals surface area contributed by atoms with Crippen LogP contribution >= 0.6 is 23.4 Å². The normalized spacial score (nSPS) is 11.8. The predicted octanol–water partition coefficient (Wildman–Crippen LogP) is 7.21. The van der Waals surface area contributed by atoms with Crippen LogP contribution < -0.4 is 5.32 Å². The molecule has 4 aromatic rings. The monoisotopic (exact) mass is 461 g/mol. The number of rotatable bonds is 7. The third-order valence-electron chi connectivity index (χ3n) is 5.15. The van der Waals surface area contributed by atoms with Gasteiger partial charge in [-0.25, -0.2) is 4.98 Å². The minimum absolute atomic E-state index is 0.0728. The molecule has 0 spiro atoms. The summed E-state index contributed by atoms with van der Waals surface area (Å²) in [6.45, 7) is 3.93. The van der Waals surface area contributed by atoms with E-state index in [1.807, 2.05) is 74.5 Å². The number of H-pyrrole nitrogens is 1. The molecule has 1 heterocycles. The molecule has 32 heavy (non-hydrogen) atoms. The van der Waals surface area contributed by atoms with Crippen LogP contribution in [0.1, 0.15) is 18.9 Å². The fourth-order valence-corrected chi connectivity index (χ4v) is 4.46. The molecule has 6 heteroatoms. The summed E-state index contributed by atoms with van der Waals surface area (Å²) in [7, 11) is 0. The minimum atomic E-state index is -0.298. The third-order valence-corrected chi connectivity index (χ3v) is 6.80. The molecular formula is C26H24ClN3OS. The van der Waals surface area contributed by atoms with Crippen molar-refractivity contribution in [2.45, 2.75) is 30.7 Å². The van der Waals surface area contributed by atoms with E-state index in [1.54, 1.807) is 6.07 Å². The van der Waals surface area contributed by atoms with Crippen LogP contribution in [0.3, 0.4) is 0 Å². The Morgan fingerprint density at radius 2 is 1.69 bits per heavy atom. The number of anilines is 1. The highest BCUT2D eigenvalue weighted by atomic mass is 35.5. The number of aryl methyl sites for hydroxylation is 1. The van der Waals surface area contributed by atoms with Crippen molar-refractivity contribution in [1.82, 2.24) is 9.97 Å². The molecule has 2 N–H and O–H groups in total.